The van der Waals surface area contributed by atoms with Gasteiger partial charge in [-0.15, -0.1) is 0 Å². The summed E-state index contributed by atoms with van der Waals surface area (Å²) in [7, 11) is 1.67. The van der Waals surface area contributed by atoms with Crippen LogP contribution in [0.25, 0.3) is 11.6 Å². The molecular formula is C16H16N2O2. The zero-order valence-corrected chi connectivity index (χ0v) is 11.4. The van der Waals surface area contributed by atoms with Crippen LogP contribution in [0.5, 0.6) is 5.75 Å². The molecule has 20 heavy (non-hydrogen) atoms. The molecule has 0 unspecified atom stereocenters. The van der Waals surface area contributed by atoms with Gasteiger partial charge in [0, 0.05) is 26.1 Å². The van der Waals surface area contributed by atoms with Crippen molar-refractivity contribution in [2.75, 3.05) is 26.7 Å². The van der Waals surface area contributed by atoms with Crippen LogP contribution in [0, 0.1) is 11.3 Å². The van der Waals surface area contributed by atoms with Gasteiger partial charge in [0.15, 0.2) is 0 Å². The van der Waals surface area contributed by atoms with E-state index in [-0.39, 0.29) is 5.76 Å². The monoisotopic (exact) mass is 268 g/mol. The van der Waals surface area contributed by atoms with Crippen molar-refractivity contribution >= 4 is 11.6 Å². The van der Waals surface area contributed by atoms with Gasteiger partial charge in [0.2, 0.25) is 0 Å². The normalized spacial score (nSPS) is 17.9. The highest BCUT2D eigenvalue weighted by molar-refractivity contribution is 5.83. The van der Waals surface area contributed by atoms with E-state index in [0.29, 0.717) is 18.5 Å². The van der Waals surface area contributed by atoms with Crippen molar-refractivity contribution < 1.29 is 9.84 Å². The number of nitriles is 1. The Balaban J connectivity index is 1.80. The number of hydrogen-bond acceptors (Lipinski definition) is 4. The molecule has 1 aromatic rings. The van der Waals surface area contributed by atoms with Crippen LogP contribution < -0.4 is 15.2 Å². The molecule has 0 amide bonds. The lowest BCUT2D eigenvalue weighted by atomic mass is 9.98. The zero-order valence-electron chi connectivity index (χ0n) is 11.4. The zero-order chi connectivity index (χ0) is 14.1. The first-order valence-corrected chi connectivity index (χ1v) is 6.63. The largest absolute Gasteiger partial charge is 0.511 e. The molecule has 1 heterocycles. The number of nitrogens with zero attached hydrogens (tertiary/aromatic N) is 2. The third-order valence-corrected chi connectivity index (χ3v) is 3.86. The van der Waals surface area contributed by atoms with Crippen molar-refractivity contribution in [3.05, 3.63) is 40.0 Å². The number of hydrogen-bond donors (Lipinski definition) is 1. The molecule has 4 nitrogen and oxygen atoms in total. The van der Waals surface area contributed by atoms with Crippen LogP contribution in [0.15, 0.2) is 29.5 Å². The van der Waals surface area contributed by atoms with Gasteiger partial charge >= 0.3 is 0 Å². The molecule has 3 rings (SSSR count). The number of fused-ring (bicyclic) bond motifs is 1. The van der Waals surface area contributed by atoms with E-state index in [9.17, 15) is 5.11 Å². The highest BCUT2D eigenvalue weighted by Crippen LogP contribution is 2.17. The molecule has 0 spiro atoms. The van der Waals surface area contributed by atoms with E-state index in [1.165, 1.54) is 16.0 Å². The Hall–Kier alpha value is -2.25. The Kier molecular flexibility index (Phi) is 3.21. The third kappa shape index (κ3) is 2.17. The Morgan fingerprint density at radius 3 is 3.05 bits per heavy atom. The Morgan fingerprint density at radius 2 is 2.30 bits per heavy atom. The average Bonchev–Trinajstić information content (AvgIpc) is 2.46. The molecule has 2 aliphatic rings. The molecule has 0 saturated heterocycles. The smallest absolute Gasteiger partial charge is 0.119 e. The summed E-state index contributed by atoms with van der Waals surface area (Å²) in [6, 6.07) is 8.14. The fraction of sp³-hybridized carbons (Fsp3) is 0.312. The Labute approximate surface area is 117 Å². The van der Waals surface area contributed by atoms with Crippen LogP contribution in [-0.2, 0) is 0 Å². The minimum atomic E-state index is 0.244. The molecule has 1 aliphatic carbocycles. The second-order valence-corrected chi connectivity index (χ2v) is 5.12. The second kappa shape index (κ2) is 5.03. The highest BCUT2D eigenvalue weighted by Gasteiger charge is 2.20. The van der Waals surface area contributed by atoms with E-state index in [2.05, 4.69) is 23.1 Å². The van der Waals surface area contributed by atoms with Crippen molar-refractivity contribution in [2.45, 2.75) is 6.42 Å². The van der Waals surface area contributed by atoms with E-state index >= 15 is 0 Å². The highest BCUT2D eigenvalue weighted by atomic mass is 16.5. The van der Waals surface area contributed by atoms with Gasteiger partial charge in [0.1, 0.15) is 11.5 Å². The fourth-order valence-corrected chi connectivity index (χ4v) is 2.67. The van der Waals surface area contributed by atoms with E-state index in [1.807, 2.05) is 12.1 Å². The van der Waals surface area contributed by atoms with E-state index in [1.54, 1.807) is 7.11 Å². The summed E-state index contributed by atoms with van der Waals surface area (Å²) in [5, 5.41) is 21.1. The summed E-state index contributed by atoms with van der Waals surface area (Å²) in [6.45, 7) is 2.12. The number of ether oxygens (including phenoxy) is 1. The van der Waals surface area contributed by atoms with Crippen LogP contribution in [0.4, 0.5) is 0 Å². The number of aliphatic hydroxyl groups is 1. The van der Waals surface area contributed by atoms with Gasteiger partial charge < -0.3 is 9.84 Å². The maximum absolute atomic E-state index is 9.62. The van der Waals surface area contributed by atoms with Gasteiger partial charge in [-0.3, -0.25) is 4.90 Å². The molecule has 1 aliphatic heterocycles. The van der Waals surface area contributed by atoms with Crippen molar-refractivity contribution in [1.29, 1.82) is 5.26 Å². The van der Waals surface area contributed by atoms with Gasteiger partial charge in [-0.05, 0) is 34.2 Å². The fourth-order valence-electron chi connectivity index (χ4n) is 2.67. The SMILES string of the molecule is COc1ccc2c(c1)=C(CN1CCC(O)=C(C#N)C1)C=2. The van der Waals surface area contributed by atoms with E-state index < -0.39 is 0 Å². The molecule has 1 aromatic carbocycles. The van der Waals surface area contributed by atoms with Gasteiger partial charge in [0.05, 0.1) is 18.8 Å². The van der Waals surface area contributed by atoms with Crippen molar-refractivity contribution in [3.8, 4) is 11.8 Å². The number of rotatable bonds is 3. The number of aliphatic hydroxyl groups excluding tert-OH is 1. The van der Waals surface area contributed by atoms with Gasteiger partial charge in [0.25, 0.3) is 0 Å². The van der Waals surface area contributed by atoms with Crippen LogP contribution in [0.1, 0.15) is 6.42 Å². The summed E-state index contributed by atoms with van der Waals surface area (Å²) < 4.78 is 5.25. The topological polar surface area (TPSA) is 56.5 Å². The van der Waals surface area contributed by atoms with Gasteiger partial charge in [-0.25, -0.2) is 0 Å². The lowest BCUT2D eigenvalue weighted by Crippen LogP contribution is -2.41. The minimum Gasteiger partial charge on any atom is -0.511 e. The molecule has 0 radical (unpaired) electrons. The van der Waals surface area contributed by atoms with Gasteiger partial charge in [-0.1, -0.05) is 6.07 Å². The average molecular weight is 268 g/mol. The van der Waals surface area contributed by atoms with E-state index in [4.69, 9.17) is 10.00 Å². The Bertz CT molecular complexity index is 741. The Morgan fingerprint density at radius 1 is 1.45 bits per heavy atom. The van der Waals surface area contributed by atoms with Gasteiger partial charge in [-0.2, -0.15) is 5.26 Å². The predicted molar refractivity (Wildman–Crippen MR) is 76.4 cm³/mol. The summed E-state index contributed by atoms with van der Waals surface area (Å²) in [5.41, 5.74) is 1.75. The van der Waals surface area contributed by atoms with E-state index in [0.717, 1.165) is 18.8 Å². The molecular weight excluding hydrogens is 252 g/mol. The molecule has 4 heteroatoms. The molecule has 1 N–H and O–H groups in total. The quantitative estimate of drug-likeness (QED) is 0.876. The predicted octanol–water partition coefficient (Wildman–Crippen LogP) is 0.681. The molecule has 0 saturated carbocycles. The standard InChI is InChI=1S/C16H16N2O2/c1-20-14-3-2-11-6-12(15(11)7-14)9-18-5-4-16(19)13(8-17)10-18/h2-3,6-7,19H,4-5,9-10H2,1H3. The maximum atomic E-state index is 9.62. The molecule has 102 valence electrons. The lowest BCUT2D eigenvalue weighted by molar-refractivity contribution is 0.270. The second-order valence-electron chi connectivity index (χ2n) is 5.12. The summed E-state index contributed by atoms with van der Waals surface area (Å²) >= 11 is 0. The lowest BCUT2D eigenvalue weighted by Gasteiger charge is -2.28. The molecule has 0 fully saturated rings. The third-order valence-electron chi connectivity index (χ3n) is 3.86. The summed E-state index contributed by atoms with van der Waals surface area (Å²) in [5.74, 6) is 1.11. The first-order valence-electron chi connectivity index (χ1n) is 6.63. The van der Waals surface area contributed by atoms with Crippen LogP contribution in [0.3, 0.4) is 0 Å². The maximum Gasteiger partial charge on any atom is 0.119 e. The first kappa shape index (κ1) is 12.8. The summed E-state index contributed by atoms with van der Waals surface area (Å²) in [4.78, 5) is 2.19. The molecule has 0 aromatic heterocycles. The van der Waals surface area contributed by atoms with Crippen LogP contribution in [0.2, 0.25) is 0 Å². The molecule has 0 bridgehead atoms. The summed E-state index contributed by atoms with van der Waals surface area (Å²) in [6.07, 6.45) is 2.72. The van der Waals surface area contributed by atoms with Crippen molar-refractivity contribution in [2.24, 2.45) is 0 Å². The van der Waals surface area contributed by atoms with Crippen LogP contribution in [-0.4, -0.2) is 36.8 Å². The first-order chi connectivity index (χ1) is 9.71. The molecule has 0 atom stereocenters. The van der Waals surface area contributed by atoms with Crippen molar-refractivity contribution in [3.63, 3.8) is 0 Å². The number of benzene rings is 1. The van der Waals surface area contributed by atoms with Crippen molar-refractivity contribution in [1.82, 2.24) is 4.90 Å². The van der Waals surface area contributed by atoms with Crippen LogP contribution >= 0.6 is 0 Å². The number of methoxy groups -OCH3 is 1. The minimum absolute atomic E-state index is 0.244.